The summed E-state index contributed by atoms with van der Waals surface area (Å²) in [5, 5.41) is 6.54. The van der Waals surface area contributed by atoms with Crippen LogP contribution >= 0.6 is 0 Å². The highest BCUT2D eigenvalue weighted by molar-refractivity contribution is 5.71. The molecular weight excluding hydrogens is 392 g/mol. The lowest BCUT2D eigenvalue weighted by molar-refractivity contribution is 0.510. The van der Waals surface area contributed by atoms with Gasteiger partial charge >= 0.3 is 0 Å². The Hall–Kier alpha value is -3.07. The van der Waals surface area contributed by atoms with Gasteiger partial charge in [0.15, 0.2) is 5.65 Å². The van der Waals surface area contributed by atoms with E-state index >= 15 is 0 Å². The third kappa shape index (κ3) is 3.97. The Bertz CT molecular complexity index is 1110. The summed E-state index contributed by atoms with van der Waals surface area (Å²) >= 11 is 0. The monoisotopic (exact) mass is 420 g/mol. The molecule has 9 nitrogen and oxygen atoms in total. The Balaban J connectivity index is 1.45. The molecule has 0 unspecified atom stereocenters. The first kappa shape index (κ1) is 19.9. The molecule has 2 aliphatic rings. The minimum absolute atomic E-state index is 0.0231. The zero-order valence-corrected chi connectivity index (χ0v) is 17.8. The minimum atomic E-state index is -0.0231. The van der Waals surface area contributed by atoms with Crippen LogP contribution in [-0.2, 0) is 6.42 Å². The van der Waals surface area contributed by atoms with E-state index in [2.05, 4.69) is 41.5 Å². The summed E-state index contributed by atoms with van der Waals surface area (Å²) in [5.41, 5.74) is 2.93. The number of aryl methyl sites for hydroxylation is 1. The topological polar surface area (TPSA) is 101 Å². The third-order valence-electron chi connectivity index (χ3n) is 6.19. The van der Waals surface area contributed by atoms with Gasteiger partial charge in [0.05, 0.1) is 18.1 Å². The van der Waals surface area contributed by atoms with Crippen molar-refractivity contribution in [3.05, 3.63) is 40.6 Å². The van der Waals surface area contributed by atoms with Crippen molar-refractivity contribution in [1.82, 2.24) is 29.8 Å². The molecule has 4 heterocycles. The van der Waals surface area contributed by atoms with Gasteiger partial charge in [-0.3, -0.25) is 9.36 Å². The van der Waals surface area contributed by atoms with Gasteiger partial charge in [0, 0.05) is 32.2 Å². The molecule has 0 atom stereocenters. The first-order valence-corrected chi connectivity index (χ1v) is 11.2. The van der Waals surface area contributed by atoms with E-state index in [4.69, 9.17) is 0 Å². The molecule has 0 spiro atoms. The lowest BCUT2D eigenvalue weighted by Gasteiger charge is -2.29. The van der Waals surface area contributed by atoms with E-state index < -0.39 is 0 Å². The summed E-state index contributed by atoms with van der Waals surface area (Å²) in [6.07, 6.45) is 8.46. The largest absolute Gasteiger partial charge is 0.368 e. The number of hydrogen-bond donors (Lipinski definition) is 2. The summed E-state index contributed by atoms with van der Waals surface area (Å²) in [4.78, 5) is 33.5. The van der Waals surface area contributed by atoms with Crippen molar-refractivity contribution in [2.75, 3.05) is 36.4 Å². The highest BCUT2D eigenvalue weighted by Crippen LogP contribution is 2.30. The van der Waals surface area contributed by atoms with Crippen LogP contribution in [0.2, 0.25) is 0 Å². The van der Waals surface area contributed by atoms with Gasteiger partial charge in [-0.25, -0.2) is 15.0 Å². The number of anilines is 3. The van der Waals surface area contributed by atoms with Gasteiger partial charge in [-0.15, -0.1) is 0 Å². The van der Waals surface area contributed by atoms with Crippen molar-refractivity contribution in [2.24, 2.45) is 0 Å². The number of pyridine rings is 1. The second kappa shape index (κ2) is 8.58. The van der Waals surface area contributed by atoms with E-state index in [1.54, 1.807) is 6.20 Å². The average Bonchev–Trinajstić information content (AvgIpc) is 3.34. The molecule has 1 saturated heterocycles. The molecular formula is C22H28N8O. The van der Waals surface area contributed by atoms with Crippen LogP contribution < -0.4 is 21.1 Å². The molecule has 0 bridgehead atoms. The summed E-state index contributed by atoms with van der Waals surface area (Å²) in [6.45, 7) is 5.89. The second-order valence-electron chi connectivity index (χ2n) is 8.19. The SMILES string of the molecule is CCc1nc2cnc(Nc3ccc(N4CCNCC4)cn3)nc2n(C2CCCC2)c1=O. The number of piperazine rings is 1. The molecule has 2 fully saturated rings. The molecule has 2 N–H and O–H groups in total. The Morgan fingerprint density at radius 3 is 2.61 bits per heavy atom. The lowest BCUT2D eigenvalue weighted by atomic mass is 10.2. The molecule has 1 saturated carbocycles. The van der Waals surface area contributed by atoms with Crippen molar-refractivity contribution in [1.29, 1.82) is 0 Å². The number of fused-ring (bicyclic) bond motifs is 1. The van der Waals surface area contributed by atoms with Crippen LogP contribution in [0.4, 0.5) is 17.5 Å². The third-order valence-corrected chi connectivity index (χ3v) is 6.19. The maximum atomic E-state index is 13.1. The van der Waals surface area contributed by atoms with Crippen LogP contribution in [0.15, 0.2) is 29.3 Å². The van der Waals surface area contributed by atoms with E-state index in [0.717, 1.165) is 57.5 Å². The zero-order chi connectivity index (χ0) is 21.2. The van der Waals surface area contributed by atoms with Crippen molar-refractivity contribution >= 4 is 28.6 Å². The quantitative estimate of drug-likeness (QED) is 0.649. The molecule has 0 radical (unpaired) electrons. The van der Waals surface area contributed by atoms with Crippen LogP contribution in [0.3, 0.4) is 0 Å². The Morgan fingerprint density at radius 2 is 1.90 bits per heavy atom. The summed E-state index contributed by atoms with van der Waals surface area (Å²) in [5.74, 6) is 1.10. The van der Waals surface area contributed by atoms with Crippen LogP contribution in [-0.4, -0.2) is 50.7 Å². The van der Waals surface area contributed by atoms with Crippen LogP contribution in [0, 0.1) is 0 Å². The van der Waals surface area contributed by atoms with Gasteiger partial charge in [-0.1, -0.05) is 19.8 Å². The number of rotatable bonds is 5. The molecule has 31 heavy (non-hydrogen) atoms. The number of nitrogens with one attached hydrogen (secondary N) is 2. The molecule has 3 aromatic heterocycles. The van der Waals surface area contributed by atoms with E-state index in [9.17, 15) is 4.79 Å². The van der Waals surface area contributed by atoms with Crippen molar-refractivity contribution < 1.29 is 0 Å². The van der Waals surface area contributed by atoms with E-state index in [1.807, 2.05) is 23.8 Å². The molecule has 0 aromatic carbocycles. The van der Waals surface area contributed by atoms with Gasteiger partial charge in [-0.2, -0.15) is 4.98 Å². The normalized spacial score (nSPS) is 17.4. The minimum Gasteiger partial charge on any atom is -0.368 e. The maximum absolute atomic E-state index is 13.1. The van der Waals surface area contributed by atoms with Crippen LogP contribution in [0.25, 0.3) is 11.2 Å². The number of aromatic nitrogens is 5. The standard InChI is InChI=1S/C22H28N8O/c1-2-17-21(31)30(15-5-3-4-6-15)20-18(26-17)14-25-22(28-20)27-19-8-7-16(13-24-19)29-11-9-23-10-12-29/h7-8,13-15,23H,2-6,9-12H2,1H3,(H,24,25,27,28). The maximum Gasteiger partial charge on any atom is 0.274 e. The highest BCUT2D eigenvalue weighted by atomic mass is 16.1. The van der Waals surface area contributed by atoms with Gasteiger partial charge in [0.25, 0.3) is 5.56 Å². The van der Waals surface area contributed by atoms with Crippen LogP contribution in [0.1, 0.15) is 44.3 Å². The van der Waals surface area contributed by atoms with Gasteiger partial charge in [0.1, 0.15) is 17.0 Å². The molecule has 1 aliphatic heterocycles. The highest BCUT2D eigenvalue weighted by Gasteiger charge is 2.23. The fourth-order valence-electron chi connectivity index (χ4n) is 4.53. The van der Waals surface area contributed by atoms with Gasteiger partial charge in [0.2, 0.25) is 5.95 Å². The average molecular weight is 421 g/mol. The van der Waals surface area contributed by atoms with Gasteiger partial charge < -0.3 is 15.5 Å². The molecule has 9 heteroatoms. The zero-order valence-electron chi connectivity index (χ0n) is 17.8. The predicted molar refractivity (Wildman–Crippen MR) is 121 cm³/mol. The Labute approximate surface area is 181 Å². The van der Waals surface area contributed by atoms with Crippen LogP contribution in [0.5, 0.6) is 0 Å². The second-order valence-corrected chi connectivity index (χ2v) is 8.19. The van der Waals surface area contributed by atoms with E-state index in [1.165, 1.54) is 0 Å². The fraction of sp³-hybridized carbons (Fsp3) is 0.500. The summed E-state index contributed by atoms with van der Waals surface area (Å²) < 4.78 is 1.85. The fourth-order valence-corrected chi connectivity index (χ4v) is 4.53. The van der Waals surface area contributed by atoms with Gasteiger partial charge in [-0.05, 0) is 31.4 Å². The van der Waals surface area contributed by atoms with E-state index in [-0.39, 0.29) is 11.6 Å². The molecule has 0 amide bonds. The predicted octanol–water partition coefficient (Wildman–Crippen LogP) is 2.41. The van der Waals surface area contributed by atoms with Crippen molar-refractivity contribution in [2.45, 2.75) is 45.1 Å². The number of nitrogens with zero attached hydrogens (tertiary/aromatic N) is 6. The van der Waals surface area contributed by atoms with Crippen molar-refractivity contribution in [3.8, 4) is 0 Å². The molecule has 1 aliphatic carbocycles. The Morgan fingerprint density at radius 1 is 1.10 bits per heavy atom. The summed E-state index contributed by atoms with van der Waals surface area (Å²) in [6, 6.07) is 4.18. The first-order chi connectivity index (χ1) is 15.2. The summed E-state index contributed by atoms with van der Waals surface area (Å²) in [7, 11) is 0. The molecule has 162 valence electrons. The van der Waals surface area contributed by atoms with E-state index in [0.29, 0.717) is 35.0 Å². The number of hydrogen-bond acceptors (Lipinski definition) is 8. The smallest absolute Gasteiger partial charge is 0.274 e. The Kier molecular flexibility index (Phi) is 5.50. The van der Waals surface area contributed by atoms with Crippen molar-refractivity contribution in [3.63, 3.8) is 0 Å². The molecule has 3 aromatic rings. The first-order valence-electron chi connectivity index (χ1n) is 11.2. The molecule has 5 rings (SSSR count). The lowest BCUT2D eigenvalue weighted by Crippen LogP contribution is -2.43.